The molecule has 4 nitrogen and oxygen atoms in total. The van der Waals surface area contributed by atoms with E-state index in [2.05, 4.69) is 0 Å². The maximum atomic E-state index is 12.9. The number of piperazine rings is 1. The molecule has 1 heterocycles. The highest BCUT2D eigenvalue weighted by Gasteiger charge is 2.22. The van der Waals surface area contributed by atoms with Crippen LogP contribution in [0.3, 0.4) is 0 Å². The first-order valence-corrected chi connectivity index (χ1v) is 8.44. The molecule has 0 aliphatic carbocycles. The van der Waals surface area contributed by atoms with E-state index in [9.17, 15) is 14.0 Å². The second-order valence-electron chi connectivity index (χ2n) is 6.25. The van der Waals surface area contributed by atoms with Gasteiger partial charge in [-0.05, 0) is 29.8 Å². The highest BCUT2D eigenvalue weighted by Crippen LogP contribution is 2.09. The lowest BCUT2D eigenvalue weighted by atomic mass is 10.1. The Morgan fingerprint density at radius 1 is 0.880 bits per heavy atom. The molecule has 3 rings (SSSR count). The second-order valence-corrected chi connectivity index (χ2v) is 6.25. The van der Waals surface area contributed by atoms with Crippen LogP contribution in [0, 0.1) is 5.82 Å². The second kappa shape index (κ2) is 8.03. The van der Waals surface area contributed by atoms with Gasteiger partial charge in [0.1, 0.15) is 5.82 Å². The van der Waals surface area contributed by atoms with Gasteiger partial charge >= 0.3 is 0 Å². The first kappa shape index (κ1) is 17.3. The molecule has 0 atom stereocenters. The highest BCUT2D eigenvalue weighted by molar-refractivity contribution is 5.97. The molecule has 2 aromatic carbocycles. The van der Waals surface area contributed by atoms with Gasteiger partial charge in [0.15, 0.2) is 5.78 Å². The number of benzene rings is 2. The Kier molecular flexibility index (Phi) is 5.56. The summed E-state index contributed by atoms with van der Waals surface area (Å²) in [5, 5.41) is 0. The van der Waals surface area contributed by atoms with Gasteiger partial charge in [0, 0.05) is 31.7 Å². The zero-order valence-electron chi connectivity index (χ0n) is 14.0. The van der Waals surface area contributed by atoms with Crippen molar-refractivity contribution < 1.29 is 14.0 Å². The molecule has 5 heteroatoms. The fourth-order valence-corrected chi connectivity index (χ4v) is 2.97. The van der Waals surface area contributed by atoms with Crippen LogP contribution in [0.4, 0.5) is 4.39 Å². The number of carbonyl (C=O) groups is 2. The molecule has 0 aromatic heterocycles. The number of rotatable bonds is 5. The quantitative estimate of drug-likeness (QED) is 0.785. The molecular weight excluding hydrogens is 319 g/mol. The van der Waals surface area contributed by atoms with E-state index in [-0.39, 0.29) is 17.5 Å². The van der Waals surface area contributed by atoms with Crippen molar-refractivity contribution in [3.05, 3.63) is 71.5 Å². The van der Waals surface area contributed by atoms with Crippen LogP contribution in [0.1, 0.15) is 15.9 Å². The van der Waals surface area contributed by atoms with E-state index in [0.29, 0.717) is 44.7 Å². The molecule has 1 fully saturated rings. The summed E-state index contributed by atoms with van der Waals surface area (Å²) in [7, 11) is 0. The molecule has 0 spiro atoms. The van der Waals surface area contributed by atoms with Gasteiger partial charge in [0.05, 0.1) is 13.0 Å². The number of halogens is 1. The lowest BCUT2D eigenvalue weighted by Gasteiger charge is -2.34. The molecule has 0 N–H and O–H groups in total. The number of carbonyl (C=O) groups excluding carboxylic acids is 2. The number of hydrogen-bond donors (Lipinski definition) is 0. The SMILES string of the molecule is O=C(CN1CCN(C(=O)Cc2ccccc2)CC1)c1ccc(F)cc1. The Morgan fingerprint density at radius 3 is 2.16 bits per heavy atom. The van der Waals surface area contributed by atoms with Crippen LogP contribution >= 0.6 is 0 Å². The predicted molar refractivity (Wildman–Crippen MR) is 93.9 cm³/mol. The summed E-state index contributed by atoms with van der Waals surface area (Å²) in [4.78, 5) is 28.5. The number of Topliss-reactive ketones (excluding diaryl/α,β-unsaturated/α-hetero) is 1. The van der Waals surface area contributed by atoms with Crippen LogP contribution in [0.15, 0.2) is 54.6 Å². The standard InChI is InChI=1S/C20H21FN2O2/c21-18-8-6-17(7-9-18)19(24)15-22-10-12-23(13-11-22)20(25)14-16-4-2-1-3-5-16/h1-9H,10-15H2. The monoisotopic (exact) mass is 340 g/mol. The van der Waals surface area contributed by atoms with Crippen molar-refractivity contribution >= 4 is 11.7 Å². The van der Waals surface area contributed by atoms with E-state index in [1.54, 1.807) is 0 Å². The molecule has 2 aromatic rings. The summed E-state index contributed by atoms with van der Waals surface area (Å²) in [5.41, 5.74) is 1.53. The number of ketones is 1. The fraction of sp³-hybridized carbons (Fsp3) is 0.300. The normalized spacial score (nSPS) is 15.2. The summed E-state index contributed by atoms with van der Waals surface area (Å²) >= 11 is 0. The minimum atomic E-state index is -0.345. The van der Waals surface area contributed by atoms with Crippen molar-refractivity contribution in [2.75, 3.05) is 32.7 Å². The first-order valence-electron chi connectivity index (χ1n) is 8.44. The van der Waals surface area contributed by atoms with E-state index in [4.69, 9.17) is 0 Å². The molecule has 130 valence electrons. The van der Waals surface area contributed by atoms with Crippen LogP contribution in [0.25, 0.3) is 0 Å². The molecule has 1 aliphatic heterocycles. The fourth-order valence-electron chi connectivity index (χ4n) is 2.97. The zero-order chi connectivity index (χ0) is 17.6. The van der Waals surface area contributed by atoms with Crippen LogP contribution in [0.5, 0.6) is 0 Å². The van der Waals surface area contributed by atoms with Crippen LogP contribution in [-0.2, 0) is 11.2 Å². The van der Waals surface area contributed by atoms with Gasteiger partial charge in [-0.15, -0.1) is 0 Å². The van der Waals surface area contributed by atoms with Crippen molar-refractivity contribution in [2.45, 2.75) is 6.42 Å². The van der Waals surface area contributed by atoms with Gasteiger partial charge in [0.2, 0.25) is 5.91 Å². The zero-order valence-corrected chi connectivity index (χ0v) is 14.0. The Balaban J connectivity index is 1.47. The molecule has 0 bridgehead atoms. The molecule has 1 saturated heterocycles. The third-order valence-corrected chi connectivity index (χ3v) is 4.46. The third kappa shape index (κ3) is 4.73. The van der Waals surface area contributed by atoms with E-state index in [1.807, 2.05) is 40.1 Å². The molecule has 25 heavy (non-hydrogen) atoms. The van der Waals surface area contributed by atoms with Crippen molar-refractivity contribution in [3.63, 3.8) is 0 Å². The molecule has 0 radical (unpaired) electrons. The Bertz CT molecular complexity index is 723. The molecule has 0 saturated carbocycles. The average molecular weight is 340 g/mol. The molecule has 1 aliphatic rings. The van der Waals surface area contributed by atoms with E-state index >= 15 is 0 Å². The lowest BCUT2D eigenvalue weighted by Crippen LogP contribution is -2.50. The van der Waals surface area contributed by atoms with Gasteiger partial charge in [-0.2, -0.15) is 0 Å². The molecular formula is C20H21FN2O2. The number of amides is 1. The van der Waals surface area contributed by atoms with Gasteiger partial charge in [-0.1, -0.05) is 30.3 Å². The Hall–Kier alpha value is -2.53. The third-order valence-electron chi connectivity index (χ3n) is 4.46. The topological polar surface area (TPSA) is 40.6 Å². The smallest absolute Gasteiger partial charge is 0.227 e. The van der Waals surface area contributed by atoms with Crippen molar-refractivity contribution in [3.8, 4) is 0 Å². The van der Waals surface area contributed by atoms with Crippen molar-refractivity contribution in [1.82, 2.24) is 9.80 Å². The van der Waals surface area contributed by atoms with Crippen LogP contribution in [-0.4, -0.2) is 54.2 Å². The maximum absolute atomic E-state index is 12.9. The summed E-state index contributed by atoms with van der Waals surface area (Å²) in [6.07, 6.45) is 0.412. The number of nitrogens with zero attached hydrogens (tertiary/aromatic N) is 2. The van der Waals surface area contributed by atoms with E-state index < -0.39 is 0 Å². The highest BCUT2D eigenvalue weighted by atomic mass is 19.1. The van der Waals surface area contributed by atoms with Crippen LogP contribution in [0.2, 0.25) is 0 Å². The molecule has 1 amide bonds. The Morgan fingerprint density at radius 2 is 1.52 bits per heavy atom. The van der Waals surface area contributed by atoms with E-state index in [1.165, 1.54) is 24.3 Å². The first-order chi connectivity index (χ1) is 12.1. The average Bonchev–Trinajstić information content (AvgIpc) is 2.63. The maximum Gasteiger partial charge on any atom is 0.227 e. The van der Waals surface area contributed by atoms with Gasteiger partial charge < -0.3 is 4.90 Å². The summed E-state index contributed by atoms with van der Waals surface area (Å²) in [6.45, 7) is 2.90. The van der Waals surface area contributed by atoms with Gasteiger partial charge in [0.25, 0.3) is 0 Å². The lowest BCUT2D eigenvalue weighted by molar-refractivity contribution is -0.132. The summed E-state index contributed by atoms with van der Waals surface area (Å²) in [5.74, 6) is -0.248. The molecule has 0 unspecified atom stereocenters. The minimum Gasteiger partial charge on any atom is -0.340 e. The van der Waals surface area contributed by atoms with Crippen LogP contribution < -0.4 is 0 Å². The van der Waals surface area contributed by atoms with E-state index in [0.717, 1.165) is 5.56 Å². The summed E-state index contributed by atoms with van der Waals surface area (Å²) < 4.78 is 12.9. The largest absolute Gasteiger partial charge is 0.340 e. The van der Waals surface area contributed by atoms with Crippen molar-refractivity contribution in [2.24, 2.45) is 0 Å². The number of hydrogen-bond acceptors (Lipinski definition) is 3. The minimum absolute atomic E-state index is 0.0240. The van der Waals surface area contributed by atoms with Gasteiger partial charge in [-0.3, -0.25) is 14.5 Å². The van der Waals surface area contributed by atoms with Gasteiger partial charge in [-0.25, -0.2) is 4.39 Å². The predicted octanol–water partition coefficient (Wildman–Crippen LogP) is 2.40. The van der Waals surface area contributed by atoms with Crippen molar-refractivity contribution in [1.29, 1.82) is 0 Å². The summed E-state index contributed by atoms with van der Waals surface area (Å²) in [6, 6.07) is 15.3. The Labute approximate surface area is 146 Å².